The minimum atomic E-state index is -1.13. The fourth-order valence-corrected chi connectivity index (χ4v) is 1.36. The smallest absolute Gasteiger partial charge is 0.341 e. The van der Waals surface area contributed by atoms with Gasteiger partial charge in [-0.15, -0.1) is 0 Å². The molecule has 0 fully saturated rings. The molecule has 1 aromatic rings. The standard InChI is InChI=1S/C15H21NO6/c1-4-15(2,3)14(19)21-9-8-20-10-22-12-11(13(17)18)6-5-7-16-12/h5-7H,4,8-10H2,1-3H3,(H,17,18). The monoisotopic (exact) mass is 311 g/mol. The summed E-state index contributed by atoms with van der Waals surface area (Å²) in [5.74, 6) is -1.42. The molecule has 0 aromatic carbocycles. The van der Waals surface area contributed by atoms with Crippen LogP contribution in [0.1, 0.15) is 37.6 Å². The van der Waals surface area contributed by atoms with Crippen molar-refractivity contribution in [3.05, 3.63) is 23.9 Å². The van der Waals surface area contributed by atoms with Crippen LogP contribution in [-0.2, 0) is 14.3 Å². The van der Waals surface area contributed by atoms with Gasteiger partial charge in [-0.05, 0) is 32.4 Å². The lowest BCUT2D eigenvalue weighted by atomic mass is 9.91. The maximum Gasteiger partial charge on any atom is 0.341 e. The molecule has 1 aromatic heterocycles. The van der Waals surface area contributed by atoms with Gasteiger partial charge in [0.25, 0.3) is 0 Å². The second-order valence-corrected chi connectivity index (χ2v) is 5.21. The van der Waals surface area contributed by atoms with Crippen molar-refractivity contribution in [3.8, 4) is 5.88 Å². The van der Waals surface area contributed by atoms with Crippen molar-refractivity contribution < 1.29 is 28.9 Å². The zero-order chi connectivity index (χ0) is 16.6. The van der Waals surface area contributed by atoms with Gasteiger partial charge in [0.1, 0.15) is 12.2 Å². The van der Waals surface area contributed by atoms with Crippen molar-refractivity contribution >= 4 is 11.9 Å². The second kappa shape index (κ2) is 8.33. The van der Waals surface area contributed by atoms with Gasteiger partial charge < -0.3 is 19.3 Å². The molecule has 1 heterocycles. The Labute approximate surface area is 129 Å². The van der Waals surface area contributed by atoms with E-state index in [2.05, 4.69) is 4.98 Å². The van der Waals surface area contributed by atoms with Crippen LogP contribution in [0.5, 0.6) is 5.88 Å². The van der Waals surface area contributed by atoms with E-state index in [4.69, 9.17) is 19.3 Å². The maximum absolute atomic E-state index is 11.7. The molecule has 0 spiro atoms. The van der Waals surface area contributed by atoms with Crippen LogP contribution >= 0.6 is 0 Å². The van der Waals surface area contributed by atoms with Crippen molar-refractivity contribution in [2.45, 2.75) is 27.2 Å². The Hall–Kier alpha value is -2.15. The molecule has 22 heavy (non-hydrogen) atoms. The van der Waals surface area contributed by atoms with Crippen LogP contribution < -0.4 is 4.74 Å². The number of hydrogen-bond donors (Lipinski definition) is 1. The average molecular weight is 311 g/mol. The summed E-state index contributed by atoms with van der Waals surface area (Å²) in [4.78, 5) is 26.4. The minimum absolute atomic E-state index is 0.0147. The average Bonchev–Trinajstić information content (AvgIpc) is 2.50. The Morgan fingerprint density at radius 2 is 2.05 bits per heavy atom. The number of esters is 1. The summed E-state index contributed by atoms with van der Waals surface area (Å²) in [6, 6.07) is 2.89. The maximum atomic E-state index is 11.7. The highest BCUT2D eigenvalue weighted by molar-refractivity contribution is 5.90. The summed E-state index contributed by atoms with van der Waals surface area (Å²) in [6.45, 7) is 5.63. The second-order valence-electron chi connectivity index (χ2n) is 5.21. The first-order valence-corrected chi connectivity index (χ1v) is 6.94. The van der Waals surface area contributed by atoms with Gasteiger partial charge in [0.15, 0.2) is 6.79 Å². The number of carbonyl (C=O) groups is 2. The van der Waals surface area contributed by atoms with Crippen molar-refractivity contribution in [2.24, 2.45) is 5.41 Å². The first kappa shape index (κ1) is 17.9. The Morgan fingerprint density at radius 1 is 1.32 bits per heavy atom. The van der Waals surface area contributed by atoms with Crippen molar-refractivity contribution in [3.63, 3.8) is 0 Å². The molecule has 0 unspecified atom stereocenters. The van der Waals surface area contributed by atoms with Crippen LogP contribution in [0, 0.1) is 5.41 Å². The van der Waals surface area contributed by atoms with E-state index < -0.39 is 11.4 Å². The number of rotatable bonds is 9. The Morgan fingerprint density at radius 3 is 2.68 bits per heavy atom. The highest BCUT2D eigenvalue weighted by Crippen LogP contribution is 2.21. The van der Waals surface area contributed by atoms with Crippen LogP contribution in [0.4, 0.5) is 0 Å². The summed E-state index contributed by atoms with van der Waals surface area (Å²) >= 11 is 0. The third-order valence-corrected chi connectivity index (χ3v) is 3.18. The van der Waals surface area contributed by atoms with E-state index in [0.29, 0.717) is 6.42 Å². The summed E-state index contributed by atoms with van der Waals surface area (Å²) < 4.78 is 15.4. The molecule has 0 aliphatic heterocycles. The van der Waals surface area contributed by atoms with E-state index in [-0.39, 0.29) is 37.4 Å². The first-order chi connectivity index (χ1) is 10.4. The van der Waals surface area contributed by atoms with Crippen molar-refractivity contribution in [1.29, 1.82) is 0 Å². The predicted molar refractivity (Wildman–Crippen MR) is 77.7 cm³/mol. The molecule has 0 atom stereocenters. The highest BCUT2D eigenvalue weighted by Gasteiger charge is 2.26. The number of nitrogens with zero attached hydrogens (tertiary/aromatic N) is 1. The number of aromatic carboxylic acids is 1. The van der Waals surface area contributed by atoms with E-state index in [1.165, 1.54) is 18.3 Å². The number of carboxylic acid groups (broad SMARTS) is 1. The zero-order valence-electron chi connectivity index (χ0n) is 13.0. The van der Waals surface area contributed by atoms with Crippen molar-refractivity contribution in [2.75, 3.05) is 20.0 Å². The molecule has 0 radical (unpaired) electrons. The minimum Gasteiger partial charge on any atom is -0.477 e. The Kier molecular flexibility index (Phi) is 6.78. The van der Waals surface area contributed by atoms with Crippen LogP contribution in [0.2, 0.25) is 0 Å². The van der Waals surface area contributed by atoms with E-state index in [0.717, 1.165) is 0 Å². The van der Waals surface area contributed by atoms with Gasteiger partial charge >= 0.3 is 11.9 Å². The van der Waals surface area contributed by atoms with Crippen LogP contribution in [0.15, 0.2) is 18.3 Å². The largest absolute Gasteiger partial charge is 0.477 e. The molecule has 0 aliphatic rings. The third-order valence-electron chi connectivity index (χ3n) is 3.18. The lowest BCUT2D eigenvalue weighted by Gasteiger charge is -2.20. The summed E-state index contributed by atoms with van der Waals surface area (Å²) in [5.41, 5.74) is -0.553. The molecule has 7 nitrogen and oxygen atoms in total. The quantitative estimate of drug-likeness (QED) is 0.424. The normalized spacial score (nSPS) is 11.0. The van der Waals surface area contributed by atoms with Crippen LogP contribution in [-0.4, -0.2) is 42.0 Å². The fourth-order valence-electron chi connectivity index (χ4n) is 1.36. The molecule has 1 N–H and O–H groups in total. The molecule has 0 bridgehead atoms. The van der Waals surface area contributed by atoms with Gasteiger partial charge in [-0.2, -0.15) is 0 Å². The molecular weight excluding hydrogens is 290 g/mol. The number of pyridine rings is 1. The summed E-state index contributed by atoms with van der Waals surface area (Å²) in [6.07, 6.45) is 2.11. The van der Waals surface area contributed by atoms with Gasteiger partial charge in [-0.1, -0.05) is 6.92 Å². The number of carboxylic acids is 1. The fraction of sp³-hybridized carbons (Fsp3) is 0.533. The van der Waals surface area contributed by atoms with E-state index >= 15 is 0 Å². The molecule has 0 saturated carbocycles. The van der Waals surface area contributed by atoms with E-state index in [1.54, 1.807) is 0 Å². The molecule has 0 saturated heterocycles. The zero-order valence-corrected chi connectivity index (χ0v) is 13.0. The van der Waals surface area contributed by atoms with Gasteiger partial charge in [0.05, 0.1) is 12.0 Å². The molecule has 0 aliphatic carbocycles. The Bertz CT molecular complexity index is 515. The van der Waals surface area contributed by atoms with E-state index in [1.807, 2.05) is 20.8 Å². The highest BCUT2D eigenvalue weighted by atomic mass is 16.7. The number of hydrogen-bond acceptors (Lipinski definition) is 6. The molecular formula is C15H21NO6. The lowest BCUT2D eigenvalue weighted by Crippen LogP contribution is -2.27. The van der Waals surface area contributed by atoms with E-state index in [9.17, 15) is 9.59 Å². The predicted octanol–water partition coefficient (Wildman–Crippen LogP) is 2.11. The molecule has 122 valence electrons. The van der Waals surface area contributed by atoms with Crippen LogP contribution in [0.3, 0.4) is 0 Å². The van der Waals surface area contributed by atoms with Gasteiger partial charge in [-0.25, -0.2) is 9.78 Å². The number of carbonyl (C=O) groups excluding carboxylic acids is 1. The molecule has 7 heteroatoms. The SMILES string of the molecule is CCC(C)(C)C(=O)OCCOCOc1ncccc1C(=O)O. The lowest BCUT2D eigenvalue weighted by molar-refractivity contribution is -0.156. The molecule has 0 amide bonds. The molecule has 1 rings (SSSR count). The first-order valence-electron chi connectivity index (χ1n) is 6.94. The topological polar surface area (TPSA) is 95.0 Å². The van der Waals surface area contributed by atoms with Crippen LogP contribution in [0.25, 0.3) is 0 Å². The number of ether oxygens (including phenoxy) is 3. The summed E-state index contributed by atoms with van der Waals surface area (Å²) in [7, 11) is 0. The summed E-state index contributed by atoms with van der Waals surface area (Å²) in [5, 5.41) is 8.95. The third kappa shape index (κ3) is 5.33. The van der Waals surface area contributed by atoms with Crippen molar-refractivity contribution in [1.82, 2.24) is 4.98 Å². The van der Waals surface area contributed by atoms with Gasteiger partial charge in [0, 0.05) is 6.20 Å². The van der Waals surface area contributed by atoms with Gasteiger partial charge in [0.2, 0.25) is 5.88 Å². The van der Waals surface area contributed by atoms with Gasteiger partial charge in [-0.3, -0.25) is 4.79 Å². The number of aromatic nitrogens is 1. The Balaban J connectivity index is 2.27.